The molecule has 136 valence electrons. The molecule has 5 heteroatoms. The number of rotatable bonds is 7. The number of fused-ring (bicyclic) bond motifs is 1. The van der Waals surface area contributed by atoms with E-state index in [2.05, 4.69) is 23.2 Å². The van der Waals surface area contributed by atoms with Gasteiger partial charge in [0, 0.05) is 23.2 Å². The van der Waals surface area contributed by atoms with Crippen molar-refractivity contribution in [1.29, 1.82) is 0 Å². The average Bonchev–Trinajstić information content (AvgIpc) is 3.10. The fraction of sp³-hybridized carbons (Fsp3) is 0.286. The zero-order valence-electron chi connectivity index (χ0n) is 15.4. The Balaban J connectivity index is 1.57. The van der Waals surface area contributed by atoms with Gasteiger partial charge in [-0.1, -0.05) is 30.3 Å². The number of carbonyl (C=O) groups is 1. The number of nitrogens with zero attached hydrogens (tertiary/aromatic N) is 1. The van der Waals surface area contributed by atoms with Crippen molar-refractivity contribution in [1.82, 2.24) is 4.90 Å². The molecule has 1 amide bonds. The van der Waals surface area contributed by atoms with Crippen molar-refractivity contribution in [3.8, 4) is 0 Å². The summed E-state index contributed by atoms with van der Waals surface area (Å²) in [6, 6.07) is 18.0. The zero-order valence-corrected chi connectivity index (χ0v) is 16.2. The Labute approximate surface area is 158 Å². The van der Waals surface area contributed by atoms with Gasteiger partial charge in [-0.15, -0.1) is 11.8 Å². The van der Waals surface area contributed by atoms with Crippen molar-refractivity contribution in [2.24, 2.45) is 0 Å². The third-order valence-electron chi connectivity index (χ3n) is 4.59. The third kappa shape index (κ3) is 4.29. The van der Waals surface area contributed by atoms with E-state index in [0.29, 0.717) is 13.0 Å². The number of anilines is 1. The van der Waals surface area contributed by atoms with Crippen LogP contribution in [-0.4, -0.2) is 30.7 Å². The van der Waals surface area contributed by atoms with Crippen molar-refractivity contribution in [3.63, 3.8) is 0 Å². The molecule has 1 atom stereocenters. The molecule has 3 rings (SSSR count). The van der Waals surface area contributed by atoms with Crippen LogP contribution in [0.3, 0.4) is 0 Å². The van der Waals surface area contributed by atoms with E-state index in [1.165, 1.54) is 0 Å². The van der Waals surface area contributed by atoms with E-state index in [0.717, 1.165) is 27.3 Å². The monoisotopic (exact) mass is 368 g/mol. The lowest BCUT2D eigenvalue weighted by Crippen LogP contribution is -2.26. The summed E-state index contributed by atoms with van der Waals surface area (Å²) in [5.41, 5.74) is 1.77. The molecule has 1 N–H and O–H groups in total. The van der Waals surface area contributed by atoms with Crippen molar-refractivity contribution in [3.05, 3.63) is 60.4 Å². The van der Waals surface area contributed by atoms with E-state index in [1.807, 2.05) is 61.8 Å². The molecule has 0 saturated carbocycles. The topological polar surface area (TPSA) is 45.5 Å². The number of furan rings is 1. The number of benzene rings is 2. The van der Waals surface area contributed by atoms with Crippen LogP contribution >= 0.6 is 11.8 Å². The van der Waals surface area contributed by atoms with Gasteiger partial charge in [0.2, 0.25) is 5.91 Å². The lowest BCUT2D eigenvalue weighted by Gasteiger charge is -2.22. The van der Waals surface area contributed by atoms with Crippen molar-refractivity contribution in [2.45, 2.75) is 24.3 Å². The molecule has 1 unspecified atom stereocenters. The van der Waals surface area contributed by atoms with Crippen LogP contribution in [0.15, 0.2) is 63.9 Å². The molecule has 0 fully saturated rings. The second kappa shape index (κ2) is 8.43. The average molecular weight is 369 g/mol. The van der Waals surface area contributed by atoms with Crippen molar-refractivity contribution >= 4 is 34.3 Å². The maximum Gasteiger partial charge on any atom is 0.225 e. The highest BCUT2D eigenvalue weighted by molar-refractivity contribution is 7.98. The lowest BCUT2D eigenvalue weighted by molar-refractivity contribution is -0.116. The summed E-state index contributed by atoms with van der Waals surface area (Å²) in [6.45, 7) is 2.75. The van der Waals surface area contributed by atoms with Crippen LogP contribution in [0.5, 0.6) is 0 Å². The summed E-state index contributed by atoms with van der Waals surface area (Å²) < 4.78 is 5.94. The quantitative estimate of drug-likeness (QED) is 0.584. The number of nitrogens with one attached hydrogen (secondary N) is 1. The first-order chi connectivity index (χ1) is 12.6. The van der Waals surface area contributed by atoms with Gasteiger partial charge in [-0.2, -0.15) is 0 Å². The predicted octanol–water partition coefficient (Wildman–Crippen LogP) is 5.18. The van der Waals surface area contributed by atoms with Crippen molar-refractivity contribution < 1.29 is 9.21 Å². The molecule has 26 heavy (non-hydrogen) atoms. The van der Waals surface area contributed by atoms with E-state index < -0.39 is 0 Å². The molecule has 0 bridgehead atoms. The van der Waals surface area contributed by atoms with E-state index >= 15 is 0 Å². The first-order valence-electron chi connectivity index (χ1n) is 8.70. The summed E-state index contributed by atoms with van der Waals surface area (Å²) in [5.74, 6) is 0.942. The Morgan fingerprint density at radius 2 is 1.92 bits per heavy atom. The lowest BCUT2D eigenvalue weighted by atomic mass is 10.2. The molecule has 0 saturated heterocycles. The van der Waals surface area contributed by atoms with E-state index in [4.69, 9.17) is 4.42 Å². The maximum atomic E-state index is 12.3. The normalized spacial score (nSPS) is 12.5. The molecule has 0 aliphatic rings. The summed E-state index contributed by atoms with van der Waals surface area (Å²) >= 11 is 1.63. The number of amides is 1. The summed E-state index contributed by atoms with van der Waals surface area (Å²) in [6.07, 6.45) is 2.44. The van der Waals surface area contributed by atoms with Gasteiger partial charge < -0.3 is 9.73 Å². The van der Waals surface area contributed by atoms with Gasteiger partial charge in [-0.25, -0.2) is 0 Å². The fourth-order valence-corrected chi connectivity index (χ4v) is 3.41. The Hall–Kier alpha value is -2.24. The second-order valence-corrected chi connectivity index (χ2v) is 7.19. The minimum absolute atomic E-state index is 0.0233. The number of hydrogen-bond acceptors (Lipinski definition) is 4. The van der Waals surface area contributed by atoms with Crippen LogP contribution in [0.4, 0.5) is 5.69 Å². The van der Waals surface area contributed by atoms with Crippen LogP contribution < -0.4 is 5.32 Å². The highest BCUT2D eigenvalue weighted by Gasteiger charge is 2.17. The van der Waals surface area contributed by atoms with Gasteiger partial charge in [-0.3, -0.25) is 9.69 Å². The number of hydrogen-bond donors (Lipinski definition) is 1. The highest BCUT2D eigenvalue weighted by Crippen LogP contribution is 2.27. The largest absolute Gasteiger partial charge is 0.459 e. The number of carbonyl (C=O) groups excluding carboxylic acids is 1. The Morgan fingerprint density at radius 3 is 2.69 bits per heavy atom. The Bertz CT molecular complexity index is 857. The van der Waals surface area contributed by atoms with Crippen molar-refractivity contribution in [2.75, 3.05) is 25.2 Å². The highest BCUT2D eigenvalue weighted by atomic mass is 32.2. The number of para-hydroxylation sites is 2. The molecule has 0 radical (unpaired) electrons. The van der Waals surface area contributed by atoms with Gasteiger partial charge in [0.25, 0.3) is 0 Å². The van der Waals surface area contributed by atoms with Crippen LogP contribution in [0.2, 0.25) is 0 Å². The van der Waals surface area contributed by atoms with E-state index in [9.17, 15) is 4.79 Å². The minimum Gasteiger partial charge on any atom is -0.459 e. The smallest absolute Gasteiger partial charge is 0.225 e. The van der Waals surface area contributed by atoms with Gasteiger partial charge >= 0.3 is 0 Å². The molecule has 0 aliphatic heterocycles. The number of thioether (sulfide) groups is 1. The zero-order chi connectivity index (χ0) is 18.5. The van der Waals surface area contributed by atoms with Crippen LogP contribution in [0.1, 0.15) is 25.1 Å². The first kappa shape index (κ1) is 18.5. The molecule has 3 aromatic rings. The fourth-order valence-electron chi connectivity index (χ4n) is 2.86. The van der Waals surface area contributed by atoms with Crippen LogP contribution in [-0.2, 0) is 4.79 Å². The molecule has 0 aliphatic carbocycles. The van der Waals surface area contributed by atoms with E-state index in [-0.39, 0.29) is 11.9 Å². The third-order valence-corrected chi connectivity index (χ3v) is 5.39. The molecule has 2 aromatic carbocycles. The van der Waals surface area contributed by atoms with E-state index in [1.54, 1.807) is 11.8 Å². The molecule has 4 nitrogen and oxygen atoms in total. The Morgan fingerprint density at radius 1 is 1.19 bits per heavy atom. The van der Waals surface area contributed by atoms with Gasteiger partial charge in [-0.05, 0) is 44.5 Å². The van der Waals surface area contributed by atoms with Crippen LogP contribution in [0.25, 0.3) is 11.0 Å². The maximum absolute atomic E-state index is 12.3. The predicted molar refractivity (Wildman–Crippen MR) is 109 cm³/mol. The molecular weight excluding hydrogens is 344 g/mol. The van der Waals surface area contributed by atoms with Gasteiger partial charge in [0.15, 0.2) is 0 Å². The van der Waals surface area contributed by atoms with Crippen LogP contribution in [0, 0.1) is 0 Å². The van der Waals surface area contributed by atoms with Gasteiger partial charge in [0.1, 0.15) is 11.3 Å². The molecule has 1 aromatic heterocycles. The standard InChI is InChI=1S/C21H24N2O2S/c1-15(19-14-16-8-4-6-10-18(16)25-19)23(2)13-12-21(24)22-17-9-5-7-11-20(17)26-3/h4-11,14-15H,12-13H2,1-3H3,(H,22,24). The Kier molecular flexibility index (Phi) is 6.01. The molecule has 0 spiro atoms. The van der Waals surface area contributed by atoms with Gasteiger partial charge in [0.05, 0.1) is 11.7 Å². The first-order valence-corrected chi connectivity index (χ1v) is 9.92. The summed E-state index contributed by atoms with van der Waals surface area (Å²) in [5, 5.41) is 4.11. The second-order valence-electron chi connectivity index (χ2n) is 6.34. The minimum atomic E-state index is 0.0233. The SMILES string of the molecule is CSc1ccccc1NC(=O)CCN(C)C(C)c1cc2ccccc2o1. The molecule has 1 heterocycles. The molecular formula is C21H24N2O2S. The summed E-state index contributed by atoms with van der Waals surface area (Å²) in [7, 11) is 2.01. The summed E-state index contributed by atoms with van der Waals surface area (Å²) in [4.78, 5) is 15.5.